The minimum Gasteiger partial charge on any atom is -0.858 e. The second-order valence-corrected chi connectivity index (χ2v) is 7.38. The Hall–Kier alpha value is -0.984. The van der Waals surface area contributed by atoms with Gasteiger partial charge in [0.15, 0.2) is 5.75 Å². The van der Waals surface area contributed by atoms with Gasteiger partial charge in [0.2, 0.25) is 0 Å². The van der Waals surface area contributed by atoms with Crippen LogP contribution in [0.5, 0.6) is 11.5 Å². The molecule has 0 atom stereocenters. The first-order chi connectivity index (χ1) is 12.8. The van der Waals surface area contributed by atoms with Gasteiger partial charge in [-0.2, -0.15) is 8.42 Å². The van der Waals surface area contributed by atoms with Crippen LogP contribution in [-0.2, 0) is 10.4 Å². The molecule has 0 saturated carbocycles. The molecule has 7 nitrogen and oxygen atoms in total. The summed E-state index contributed by atoms with van der Waals surface area (Å²) in [7, 11) is -3.38. The van der Waals surface area contributed by atoms with Crippen LogP contribution < -0.4 is 65.4 Å². The molecule has 0 aliphatic rings. The predicted molar refractivity (Wildman–Crippen MR) is 103 cm³/mol. The Morgan fingerprint density at radius 3 is 2.46 bits per heavy atom. The molecule has 0 aliphatic carbocycles. The number of rotatable bonds is 5. The molecule has 0 saturated heterocycles. The maximum atomic E-state index is 12.7. The second-order valence-electron chi connectivity index (χ2n) is 5.44. The predicted octanol–water partition coefficient (Wildman–Crippen LogP) is 0.235. The molecular weight excluding hydrogens is 477 g/mol. The number of halogens is 1. The van der Waals surface area contributed by atoms with Gasteiger partial charge in [0.1, 0.15) is 11.4 Å². The number of hydrogen-bond donors (Lipinski definition) is 1. The first kappa shape index (κ1) is 23.3. The van der Waals surface area contributed by atoms with Gasteiger partial charge in [-0.25, -0.2) is 0 Å². The first-order valence-electron chi connectivity index (χ1n) is 7.56. The number of benzene rings is 3. The van der Waals surface area contributed by atoms with E-state index in [-0.39, 0.29) is 68.4 Å². The van der Waals surface area contributed by atoms with E-state index < -0.39 is 16.3 Å². The molecule has 3 aromatic carbocycles. The zero-order chi connectivity index (χ0) is 19.6. The summed E-state index contributed by atoms with van der Waals surface area (Å²) in [4.78, 5) is 3.99. The van der Waals surface area contributed by atoms with Crippen molar-refractivity contribution >= 4 is 48.7 Å². The molecule has 28 heavy (non-hydrogen) atoms. The van der Waals surface area contributed by atoms with Crippen molar-refractivity contribution in [1.82, 2.24) is 0 Å². The number of methoxy groups -OCH3 is 1. The molecule has 0 bridgehead atoms. The van der Waals surface area contributed by atoms with E-state index in [9.17, 15) is 13.5 Å². The molecule has 3 rings (SSSR count). The average molecular weight is 490 g/mol. The Morgan fingerprint density at radius 1 is 1.07 bits per heavy atom. The summed E-state index contributed by atoms with van der Waals surface area (Å²) in [5, 5.41) is 14.0. The number of nitrogens with zero attached hydrogens (tertiary/aromatic N) is 1. The van der Waals surface area contributed by atoms with Crippen molar-refractivity contribution in [3.05, 3.63) is 64.6 Å². The summed E-state index contributed by atoms with van der Waals surface area (Å²) in [6, 6.07) is 14.6. The molecule has 0 heterocycles. The Kier molecular flexibility index (Phi) is 8.05. The molecule has 140 valence electrons. The Bertz CT molecular complexity index is 1150. The quantitative estimate of drug-likeness (QED) is 0.238. The van der Waals surface area contributed by atoms with E-state index in [1.165, 1.54) is 19.2 Å². The molecule has 0 spiro atoms. The zero-order valence-corrected chi connectivity index (χ0v) is 20.4. The third-order valence-electron chi connectivity index (χ3n) is 3.63. The zero-order valence-electron chi connectivity index (χ0n) is 14.9. The molecule has 1 N–H and O–H groups in total. The number of aliphatic imine (C=N–C) groups is 1. The SMILES string of the molecule is COc1ccccc1N=C([O-])c1cc2cc(Br)ccc2cc1OS(=O)(=O)O.[K+]. The van der Waals surface area contributed by atoms with Crippen molar-refractivity contribution in [1.29, 1.82) is 0 Å². The molecule has 0 amide bonds. The number of hydrogen-bond acceptors (Lipinski definition) is 6. The third-order valence-corrected chi connectivity index (χ3v) is 4.52. The molecule has 0 fully saturated rings. The minimum absolute atomic E-state index is 0. The number of para-hydroxylation sites is 2. The fourth-order valence-electron chi connectivity index (χ4n) is 2.49. The Morgan fingerprint density at radius 2 is 1.79 bits per heavy atom. The standard InChI is InChI=1S/C18H14BrNO6S.K/c1-25-16-5-3-2-4-15(16)20-18(21)14-9-12-8-13(19)7-6-11(12)10-17(14)26-27(22,23)24;/h2-10H,1H3,(H,20,21)(H,22,23,24);/q;+1/p-1. The van der Waals surface area contributed by atoms with Crippen LogP contribution in [0.15, 0.2) is 64.1 Å². The second kappa shape index (κ2) is 9.68. The number of fused-ring (bicyclic) bond motifs is 1. The van der Waals surface area contributed by atoms with Crippen LogP contribution in [0.25, 0.3) is 10.8 Å². The van der Waals surface area contributed by atoms with E-state index in [4.69, 9.17) is 9.29 Å². The Labute approximate surface area is 212 Å². The van der Waals surface area contributed by atoms with Crippen LogP contribution in [0.3, 0.4) is 0 Å². The maximum absolute atomic E-state index is 12.7. The van der Waals surface area contributed by atoms with E-state index in [1.807, 2.05) is 0 Å². The minimum atomic E-state index is -4.82. The van der Waals surface area contributed by atoms with Gasteiger partial charge in [0.05, 0.1) is 7.11 Å². The Balaban J connectivity index is 0.00000280. The fourth-order valence-corrected chi connectivity index (χ4v) is 3.23. The van der Waals surface area contributed by atoms with Gasteiger partial charge >= 0.3 is 61.8 Å². The largest absolute Gasteiger partial charge is 1.00 e. The van der Waals surface area contributed by atoms with Gasteiger partial charge in [0.25, 0.3) is 0 Å². The topological polar surface area (TPSA) is 108 Å². The van der Waals surface area contributed by atoms with Gasteiger partial charge in [-0.15, -0.1) is 0 Å². The molecule has 10 heteroatoms. The van der Waals surface area contributed by atoms with Crippen LogP contribution in [0.1, 0.15) is 5.56 Å². The van der Waals surface area contributed by atoms with Crippen LogP contribution >= 0.6 is 15.9 Å². The third kappa shape index (κ3) is 5.77. The average Bonchev–Trinajstić information content (AvgIpc) is 2.60. The van der Waals surface area contributed by atoms with E-state index >= 15 is 0 Å². The summed E-state index contributed by atoms with van der Waals surface area (Å²) < 4.78 is 41.9. The van der Waals surface area contributed by atoms with Crippen LogP contribution in [0.2, 0.25) is 0 Å². The van der Waals surface area contributed by atoms with Gasteiger partial charge in [-0.3, -0.25) is 9.55 Å². The summed E-state index contributed by atoms with van der Waals surface area (Å²) >= 11 is 3.34. The van der Waals surface area contributed by atoms with Crippen LogP contribution in [-0.4, -0.2) is 26.0 Å². The maximum Gasteiger partial charge on any atom is 1.00 e. The monoisotopic (exact) mass is 489 g/mol. The molecule has 3 aromatic rings. The molecular formula is C18H13BrKNO6S. The fraction of sp³-hybridized carbons (Fsp3) is 0.0556. The summed E-state index contributed by atoms with van der Waals surface area (Å²) in [5.41, 5.74) is 0.154. The first-order valence-corrected chi connectivity index (χ1v) is 9.72. The summed E-state index contributed by atoms with van der Waals surface area (Å²) in [6.45, 7) is 0. The van der Waals surface area contributed by atoms with Crippen molar-refractivity contribution in [2.24, 2.45) is 4.99 Å². The van der Waals surface area contributed by atoms with Crippen molar-refractivity contribution in [2.75, 3.05) is 7.11 Å². The smallest absolute Gasteiger partial charge is 0.858 e. The normalized spacial score (nSPS) is 11.8. The van der Waals surface area contributed by atoms with E-state index in [0.717, 1.165) is 4.47 Å². The van der Waals surface area contributed by atoms with Crippen LogP contribution in [0.4, 0.5) is 5.69 Å². The van der Waals surface area contributed by atoms with Crippen molar-refractivity contribution in [3.8, 4) is 11.5 Å². The van der Waals surface area contributed by atoms with Crippen molar-refractivity contribution in [3.63, 3.8) is 0 Å². The number of ether oxygens (including phenoxy) is 1. The van der Waals surface area contributed by atoms with E-state index in [1.54, 1.807) is 42.5 Å². The van der Waals surface area contributed by atoms with Crippen molar-refractivity contribution < 1.29 is 78.4 Å². The van der Waals surface area contributed by atoms with Gasteiger partial charge in [-0.05, 0) is 53.1 Å². The molecule has 0 aromatic heterocycles. The van der Waals surface area contributed by atoms with E-state index in [2.05, 4.69) is 25.1 Å². The summed E-state index contributed by atoms with van der Waals surface area (Å²) in [6.07, 6.45) is 0. The molecule has 0 radical (unpaired) electrons. The van der Waals surface area contributed by atoms with E-state index in [0.29, 0.717) is 16.5 Å². The molecule has 0 unspecified atom stereocenters. The van der Waals surface area contributed by atoms with Crippen molar-refractivity contribution in [2.45, 2.75) is 0 Å². The molecule has 0 aliphatic heterocycles. The summed E-state index contributed by atoms with van der Waals surface area (Å²) in [5.74, 6) is -0.692. The van der Waals surface area contributed by atoms with Gasteiger partial charge in [0, 0.05) is 10.0 Å². The van der Waals surface area contributed by atoms with Gasteiger partial charge in [-0.1, -0.05) is 34.1 Å². The van der Waals surface area contributed by atoms with Gasteiger partial charge < -0.3 is 14.0 Å². The van der Waals surface area contributed by atoms with Crippen LogP contribution in [0, 0.1) is 0 Å².